The van der Waals surface area contributed by atoms with E-state index in [2.05, 4.69) is 24.8 Å². The number of ether oxygens (including phenoxy) is 1. The first-order valence-electron chi connectivity index (χ1n) is 10.2. The summed E-state index contributed by atoms with van der Waals surface area (Å²) in [5.74, 6) is -2.24. The third-order valence-electron chi connectivity index (χ3n) is 5.08. The smallest absolute Gasteiger partial charge is 0.406 e. The SMILES string of the molecule is Fc1cccc(-c2nc3cnn(Cc4ccc(-c5ccc(OC(F)(F)F)cc5)cn4)cc-3n2)c1F. The van der Waals surface area contributed by atoms with E-state index in [1.807, 2.05) is 0 Å². The summed E-state index contributed by atoms with van der Waals surface area (Å²) >= 11 is 0. The van der Waals surface area contributed by atoms with Gasteiger partial charge in [0.15, 0.2) is 17.5 Å². The van der Waals surface area contributed by atoms with Crippen LogP contribution in [0.15, 0.2) is 73.2 Å². The number of hydrogen-bond donors (Lipinski definition) is 0. The Bertz CT molecular complexity index is 1450. The molecule has 176 valence electrons. The topological polar surface area (TPSA) is 65.7 Å². The van der Waals surface area contributed by atoms with Gasteiger partial charge in [0.2, 0.25) is 0 Å². The fraction of sp³-hybridized carbons (Fsp3) is 0.0833. The van der Waals surface area contributed by atoms with E-state index in [-0.39, 0.29) is 17.1 Å². The average Bonchev–Trinajstić information content (AvgIpc) is 3.24. The van der Waals surface area contributed by atoms with Crippen molar-refractivity contribution in [2.75, 3.05) is 0 Å². The molecule has 0 atom stereocenters. The van der Waals surface area contributed by atoms with Crippen LogP contribution < -0.4 is 4.74 Å². The Morgan fingerprint density at radius 2 is 1.57 bits per heavy atom. The van der Waals surface area contributed by atoms with E-state index in [4.69, 9.17) is 0 Å². The molecule has 2 aromatic carbocycles. The first kappa shape index (κ1) is 22.4. The zero-order valence-corrected chi connectivity index (χ0v) is 17.7. The van der Waals surface area contributed by atoms with Crippen molar-refractivity contribution in [3.05, 3.63) is 90.5 Å². The molecule has 11 heteroatoms. The Balaban J connectivity index is 1.32. The Kier molecular flexibility index (Phi) is 5.59. The molecule has 0 amide bonds. The van der Waals surface area contributed by atoms with E-state index in [1.54, 1.807) is 29.2 Å². The third kappa shape index (κ3) is 4.93. The Labute approximate surface area is 195 Å². The first-order chi connectivity index (χ1) is 16.7. The summed E-state index contributed by atoms with van der Waals surface area (Å²) in [6.45, 7) is 0.297. The second-order valence-corrected chi connectivity index (χ2v) is 7.50. The van der Waals surface area contributed by atoms with Gasteiger partial charge in [0.05, 0.1) is 30.2 Å². The van der Waals surface area contributed by atoms with Crippen molar-refractivity contribution < 1.29 is 26.7 Å². The molecule has 2 aliphatic heterocycles. The summed E-state index contributed by atoms with van der Waals surface area (Å²) in [6.07, 6.45) is -0.0498. The van der Waals surface area contributed by atoms with Crippen molar-refractivity contribution in [2.24, 2.45) is 0 Å². The molecule has 0 fully saturated rings. The van der Waals surface area contributed by atoms with Crippen LogP contribution in [0.2, 0.25) is 0 Å². The molecule has 2 aliphatic rings. The Morgan fingerprint density at radius 3 is 2.29 bits per heavy atom. The van der Waals surface area contributed by atoms with Gasteiger partial charge in [-0.15, -0.1) is 13.2 Å². The molecule has 35 heavy (non-hydrogen) atoms. The van der Waals surface area contributed by atoms with Crippen LogP contribution in [0.3, 0.4) is 0 Å². The first-order valence-corrected chi connectivity index (χ1v) is 10.2. The number of aromatic nitrogens is 5. The summed E-state index contributed by atoms with van der Waals surface area (Å²) in [5, 5.41) is 4.27. The number of pyridine rings is 1. The van der Waals surface area contributed by atoms with Gasteiger partial charge in [-0.25, -0.2) is 18.7 Å². The quantitative estimate of drug-likeness (QED) is 0.299. The molecule has 6 nitrogen and oxygen atoms in total. The molecule has 0 spiro atoms. The van der Waals surface area contributed by atoms with Gasteiger partial charge >= 0.3 is 6.36 Å². The summed E-state index contributed by atoms with van der Waals surface area (Å²) in [4.78, 5) is 12.9. The van der Waals surface area contributed by atoms with Crippen molar-refractivity contribution in [3.63, 3.8) is 0 Å². The summed E-state index contributed by atoms with van der Waals surface area (Å²) in [6, 6.07) is 12.8. The normalized spacial score (nSPS) is 11.7. The number of hydrogen-bond acceptors (Lipinski definition) is 5. The lowest BCUT2D eigenvalue weighted by molar-refractivity contribution is -0.274. The number of imidazole rings is 1. The zero-order chi connectivity index (χ0) is 24.6. The molecule has 0 N–H and O–H groups in total. The Morgan fingerprint density at radius 1 is 0.829 bits per heavy atom. The van der Waals surface area contributed by atoms with Crippen LogP contribution in [0.1, 0.15) is 5.69 Å². The highest BCUT2D eigenvalue weighted by molar-refractivity contribution is 5.65. The van der Waals surface area contributed by atoms with Gasteiger partial charge in [-0.3, -0.25) is 9.67 Å². The number of alkyl halides is 3. The number of nitrogens with zero attached hydrogens (tertiary/aromatic N) is 5. The van der Waals surface area contributed by atoms with Crippen molar-refractivity contribution in [1.29, 1.82) is 0 Å². The number of halogens is 5. The molecule has 1 aromatic heterocycles. The van der Waals surface area contributed by atoms with E-state index < -0.39 is 18.0 Å². The second-order valence-electron chi connectivity index (χ2n) is 7.50. The fourth-order valence-electron chi connectivity index (χ4n) is 3.45. The lowest BCUT2D eigenvalue weighted by Gasteiger charge is -2.10. The zero-order valence-electron chi connectivity index (χ0n) is 17.7. The van der Waals surface area contributed by atoms with Gasteiger partial charge in [0, 0.05) is 11.8 Å². The van der Waals surface area contributed by atoms with Gasteiger partial charge < -0.3 is 4.74 Å². The molecule has 0 saturated heterocycles. The summed E-state index contributed by atoms with van der Waals surface area (Å²) in [5.41, 5.74) is 2.90. The molecular formula is C24H14F5N5O. The standard InChI is InChI=1S/C24H14F5N5O/c25-19-3-1-2-18(22(19)26)23-32-20-11-31-34(13-21(20)33-23)12-16-7-4-15(10-30-16)14-5-8-17(9-6-14)35-24(27,28)29/h1-11,13H,12H2. The largest absolute Gasteiger partial charge is 0.573 e. The van der Waals surface area contributed by atoms with E-state index in [1.165, 1.54) is 42.6 Å². The molecule has 0 saturated carbocycles. The van der Waals surface area contributed by atoms with Crippen molar-refractivity contribution in [1.82, 2.24) is 24.7 Å². The van der Waals surface area contributed by atoms with Crippen LogP contribution in [0, 0.1) is 11.6 Å². The summed E-state index contributed by atoms with van der Waals surface area (Å²) < 4.78 is 70.0. The minimum atomic E-state index is -4.75. The van der Waals surface area contributed by atoms with Crippen molar-refractivity contribution in [3.8, 4) is 39.7 Å². The highest BCUT2D eigenvalue weighted by Gasteiger charge is 2.31. The predicted octanol–water partition coefficient (Wildman–Crippen LogP) is 5.73. The molecule has 0 bridgehead atoms. The lowest BCUT2D eigenvalue weighted by Crippen LogP contribution is -2.16. The van der Waals surface area contributed by atoms with Gasteiger partial charge in [-0.1, -0.05) is 24.3 Å². The second kappa shape index (κ2) is 8.75. The van der Waals surface area contributed by atoms with Crippen LogP contribution in [-0.2, 0) is 6.54 Å². The molecule has 5 rings (SSSR count). The molecule has 0 aliphatic carbocycles. The van der Waals surface area contributed by atoms with E-state index >= 15 is 0 Å². The minimum Gasteiger partial charge on any atom is -0.406 e. The molecule has 0 unspecified atom stereocenters. The van der Waals surface area contributed by atoms with Gasteiger partial charge in [-0.05, 0) is 35.9 Å². The van der Waals surface area contributed by atoms with E-state index in [9.17, 15) is 22.0 Å². The molecule has 3 aromatic rings. The highest BCUT2D eigenvalue weighted by Crippen LogP contribution is 2.28. The molecule has 3 heterocycles. The van der Waals surface area contributed by atoms with Crippen LogP contribution in [0.25, 0.3) is 33.9 Å². The number of rotatable bonds is 5. The average molecular weight is 483 g/mol. The lowest BCUT2D eigenvalue weighted by atomic mass is 10.1. The maximum atomic E-state index is 14.1. The van der Waals surface area contributed by atoms with Crippen LogP contribution in [-0.4, -0.2) is 31.1 Å². The van der Waals surface area contributed by atoms with Crippen LogP contribution in [0.5, 0.6) is 5.75 Å². The maximum absolute atomic E-state index is 14.1. The summed E-state index contributed by atoms with van der Waals surface area (Å²) in [7, 11) is 0. The monoisotopic (exact) mass is 483 g/mol. The van der Waals surface area contributed by atoms with Gasteiger partial charge in [-0.2, -0.15) is 5.10 Å². The van der Waals surface area contributed by atoms with Crippen LogP contribution >= 0.6 is 0 Å². The number of benzene rings is 2. The van der Waals surface area contributed by atoms with Gasteiger partial charge in [0.1, 0.15) is 17.1 Å². The fourth-order valence-corrected chi connectivity index (χ4v) is 3.45. The maximum Gasteiger partial charge on any atom is 0.573 e. The van der Waals surface area contributed by atoms with Crippen LogP contribution in [0.4, 0.5) is 22.0 Å². The van der Waals surface area contributed by atoms with Crippen molar-refractivity contribution >= 4 is 0 Å². The predicted molar refractivity (Wildman–Crippen MR) is 115 cm³/mol. The number of fused-ring (bicyclic) bond motifs is 1. The van der Waals surface area contributed by atoms with E-state index in [0.29, 0.717) is 34.8 Å². The Hall–Kier alpha value is -4.41. The highest BCUT2D eigenvalue weighted by atomic mass is 19.4. The minimum absolute atomic E-state index is 0.0389. The molecule has 0 radical (unpaired) electrons. The molecular weight excluding hydrogens is 469 g/mol. The van der Waals surface area contributed by atoms with E-state index in [0.717, 1.165) is 6.07 Å². The van der Waals surface area contributed by atoms with Crippen molar-refractivity contribution in [2.45, 2.75) is 12.9 Å². The van der Waals surface area contributed by atoms with Gasteiger partial charge in [0.25, 0.3) is 0 Å². The third-order valence-corrected chi connectivity index (χ3v) is 5.08.